The van der Waals surface area contributed by atoms with Crippen LogP contribution in [-0.4, -0.2) is 0 Å². The van der Waals surface area contributed by atoms with Crippen LogP contribution in [0.5, 0.6) is 0 Å². The van der Waals surface area contributed by atoms with E-state index in [4.69, 9.17) is 0 Å². The fourth-order valence-electron chi connectivity index (χ4n) is 1.58. The van der Waals surface area contributed by atoms with Crippen molar-refractivity contribution in [1.82, 2.24) is 0 Å². The summed E-state index contributed by atoms with van der Waals surface area (Å²) in [5.74, 6) is 0. The Labute approximate surface area is 86.7 Å². The van der Waals surface area contributed by atoms with Gasteiger partial charge in [0, 0.05) is 5.33 Å². The van der Waals surface area contributed by atoms with Gasteiger partial charge in [-0.15, -0.1) is 0 Å². The van der Waals surface area contributed by atoms with Crippen molar-refractivity contribution in [2.75, 3.05) is 0 Å². The maximum atomic E-state index is 3.46. The number of hydrogen-bond donors (Lipinski definition) is 0. The van der Waals surface area contributed by atoms with Crippen LogP contribution in [0.2, 0.25) is 0 Å². The molecule has 0 atom stereocenters. The predicted octanol–water partition coefficient (Wildman–Crippen LogP) is 4.04. The van der Waals surface area contributed by atoms with Crippen molar-refractivity contribution >= 4 is 26.7 Å². The minimum Gasteiger partial charge on any atom is -0.0876 e. The molecule has 1 heteroatoms. The van der Waals surface area contributed by atoms with Crippen LogP contribution < -0.4 is 0 Å². The predicted molar refractivity (Wildman–Crippen MR) is 61.3 cm³/mol. The SMILES string of the molecule is Cc1cccc2cc(CBr)ccc12. The summed E-state index contributed by atoms with van der Waals surface area (Å²) in [6, 6.07) is 13.0. The standard InChI is InChI=1S/C12H11Br/c1-9-3-2-4-11-7-10(8-13)5-6-12(9)11/h2-7H,8H2,1H3. The van der Waals surface area contributed by atoms with Crippen LogP contribution in [0.15, 0.2) is 36.4 Å². The molecule has 0 fully saturated rings. The molecule has 2 aromatic rings. The van der Waals surface area contributed by atoms with E-state index in [9.17, 15) is 0 Å². The molecule has 0 bridgehead atoms. The van der Waals surface area contributed by atoms with Crippen LogP contribution in [0.3, 0.4) is 0 Å². The second kappa shape index (κ2) is 3.51. The van der Waals surface area contributed by atoms with Crippen molar-refractivity contribution < 1.29 is 0 Å². The average Bonchev–Trinajstić information content (AvgIpc) is 2.18. The van der Waals surface area contributed by atoms with Crippen molar-refractivity contribution in [1.29, 1.82) is 0 Å². The molecule has 2 rings (SSSR count). The van der Waals surface area contributed by atoms with Gasteiger partial charge in [-0.3, -0.25) is 0 Å². The van der Waals surface area contributed by atoms with Crippen molar-refractivity contribution in [3.8, 4) is 0 Å². The average molecular weight is 235 g/mol. The summed E-state index contributed by atoms with van der Waals surface area (Å²) in [6.07, 6.45) is 0. The van der Waals surface area contributed by atoms with Gasteiger partial charge in [-0.1, -0.05) is 52.3 Å². The molecule has 0 saturated heterocycles. The van der Waals surface area contributed by atoms with Gasteiger partial charge in [-0.2, -0.15) is 0 Å². The highest BCUT2D eigenvalue weighted by Gasteiger charge is 1.96. The summed E-state index contributed by atoms with van der Waals surface area (Å²) in [4.78, 5) is 0. The summed E-state index contributed by atoms with van der Waals surface area (Å²) in [5, 5.41) is 3.61. The van der Waals surface area contributed by atoms with Gasteiger partial charge in [-0.05, 0) is 28.8 Å². The minimum absolute atomic E-state index is 0.927. The maximum absolute atomic E-state index is 3.46. The molecule has 13 heavy (non-hydrogen) atoms. The van der Waals surface area contributed by atoms with E-state index in [1.807, 2.05) is 0 Å². The molecule has 0 amide bonds. The molecule has 0 heterocycles. The maximum Gasteiger partial charge on any atom is 0.0283 e. The van der Waals surface area contributed by atoms with Gasteiger partial charge in [0.25, 0.3) is 0 Å². The molecule has 0 aliphatic carbocycles. The summed E-state index contributed by atoms with van der Waals surface area (Å²) in [5.41, 5.74) is 2.68. The van der Waals surface area contributed by atoms with E-state index in [1.54, 1.807) is 0 Å². The molecule has 66 valence electrons. The fraction of sp³-hybridized carbons (Fsp3) is 0.167. The van der Waals surface area contributed by atoms with Crippen LogP contribution in [0.4, 0.5) is 0 Å². The highest BCUT2D eigenvalue weighted by atomic mass is 79.9. The second-order valence-electron chi connectivity index (χ2n) is 3.26. The first-order valence-corrected chi connectivity index (χ1v) is 5.47. The molecule has 0 spiro atoms. The number of aryl methyl sites for hydroxylation is 1. The smallest absolute Gasteiger partial charge is 0.0283 e. The van der Waals surface area contributed by atoms with E-state index in [2.05, 4.69) is 59.3 Å². The van der Waals surface area contributed by atoms with E-state index in [1.165, 1.54) is 21.9 Å². The summed E-state index contributed by atoms with van der Waals surface area (Å²) >= 11 is 3.46. The van der Waals surface area contributed by atoms with Crippen molar-refractivity contribution in [3.05, 3.63) is 47.5 Å². The van der Waals surface area contributed by atoms with Gasteiger partial charge >= 0.3 is 0 Å². The number of rotatable bonds is 1. The van der Waals surface area contributed by atoms with Gasteiger partial charge in [0.2, 0.25) is 0 Å². The zero-order valence-electron chi connectivity index (χ0n) is 7.55. The Bertz CT molecular complexity index is 432. The van der Waals surface area contributed by atoms with Crippen molar-refractivity contribution in [3.63, 3.8) is 0 Å². The molecule has 0 radical (unpaired) electrons. The highest BCUT2D eigenvalue weighted by Crippen LogP contribution is 2.20. The monoisotopic (exact) mass is 234 g/mol. The first kappa shape index (κ1) is 8.76. The Balaban J connectivity index is 2.72. The Kier molecular flexibility index (Phi) is 2.36. The van der Waals surface area contributed by atoms with E-state index in [0.29, 0.717) is 0 Å². The quantitative estimate of drug-likeness (QED) is 0.654. The molecule has 0 aliphatic rings. The van der Waals surface area contributed by atoms with Crippen LogP contribution in [0, 0.1) is 6.92 Å². The summed E-state index contributed by atoms with van der Waals surface area (Å²) in [6.45, 7) is 2.15. The third-order valence-electron chi connectivity index (χ3n) is 2.32. The number of hydrogen-bond acceptors (Lipinski definition) is 0. The van der Waals surface area contributed by atoms with Crippen LogP contribution in [0.25, 0.3) is 10.8 Å². The largest absolute Gasteiger partial charge is 0.0876 e. The third kappa shape index (κ3) is 1.61. The Morgan fingerprint density at radius 3 is 2.77 bits per heavy atom. The second-order valence-corrected chi connectivity index (χ2v) is 3.82. The lowest BCUT2D eigenvalue weighted by molar-refractivity contribution is 1.45. The third-order valence-corrected chi connectivity index (χ3v) is 2.96. The zero-order chi connectivity index (χ0) is 9.26. The van der Waals surface area contributed by atoms with Crippen molar-refractivity contribution in [2.24, 2.45) is 0 Å². The molecule has 2 aromatic carbocycles. The molecule has 0 unspecified atom stereocenters. The number of fused-ring (bicyclic) bond motifs is 1. The lowest BCUT2D eigenvalue weighted by atomic mass is 10.0. The summed E-state index contributed by atoms with van der Waals surface area (Å²) in [7, 11) is 0. The lowest BCUT2D eigenvalue weighted by Crippen LogP contribution is -1.81. The Morgan fingerprint density at radius 2 is 2.00 bits per heavy atom. The van der Waals surface area contributed by atoms with Gasteiger partial charge in [0.05, 0.1) is 0 Å². The van der Waals surface area contributed by atoms with E-state index in [-0.39, 0.29) is 0 Å². The molecule has 0 saturated carbocycles. The van der Waals surface area contributed by atoms with Gasteiger partial charge < -0.3 is 0 Å². The minimum atomic E-state index is 0.927. The van der Waals surface area contributed by atoms with Crippen LogP contribution in [0.1, 0.15) is 11.1 Å². The summed E-state index contributed by atoms with van der Waals surface area (Å²) < 4.78 is 0. The first-order valence-electron chi connectivity index (χ1n) is 4.35. The lowest BCUT2D eigenvalue weighted by Gasteiger charge is -2.03. The number of halogens is 1. The Hall–Kier alpha value is -0.820. The molecule has 0 N–H and O–H groups in total. The van der Waals surface area contributed by atoms with Crippen LogP contribution >= 0.6 is 15.9 Å². The number of alkyl halides is 1. The van der Waals surface area contributed by atoms with E-state index < -0.39 is 0 Å². The van der Waals surface area contributed by atoms with Crippen molar-refractivity contribution in [2.45, 2.75) is 12.3 Å². The normalized spacial score (nSPS) is 10.6. The van der Waals surface area contributed by atoms with E-state index in [0.717, 1.165) is 5.33 Å². The van der Waals surface area contributed by atoms with E-state index >= 15 is 0 Å². The number of benzene rings is 2. The zero-order valence-corrected chi connectivity index (χ0v) is 9.14. The highest BCUT2D eigenvalue weighted by molar-refractivity contribution is 9.08. The van der Waals surface area contributed by atoms with Gasteiger partial charge in [0.15, 0.2) is 0 Å². The molecule has 0 aliphatic heterocycles. The van der Waals surface area contributed by atoms with Gasteiger partial charge in [-0.25, -0.2) is 0 Å². The fourth-order valence-corrected chi connectivity index (χ4v) is 1.93. The Morgan fingerprint density at radius 1 is 1.15 bits per heavy atom. The molecular weight excluding hydrogens is 224 g/mol. The first-order chi connectivity index (χ1) is 6.31. The topological polar surface area (TPSA) is 0 Å². The van der Waals surface area contributed by atoms with Crippen LogP contribution in [-0.2, 0) is 5.33 Å². The van der Waals surface area contributed by atoms with Gasteiger partial charge in [0.1, 0.15) is 0 Å². The molecular formula is C12H11Br. The molecule has 0 nitrogen and oxygen atoms in total. The molecule has 0 aromatic heterocycles.